The van der Waals surface area contributed by atoms with Crippen LogP contribution in [0.25, 0.3) is 11.3 Å². The zero-order valence-electron chi connectivity index (χ0n) is 17.2. The Kier molecular flexibility index (Phi) is 5.30. The number of aromatic nitrogens is 1. The molecule has 146 valence electrons. The summed E-state index contributed by atoms with van der Waals surface area (Å²) in [5, 5.41) is 0. The second-order valence-electron chi connectivity index (χ2n) is 7.80. The molecule has 0 N–H and O–H groups in total. The van der Waals surface area contributed by atoms with Gasteiger partial charge in [0.1, 0.15) is 0 Å². The van der Waals surface area contributed by atoms with E-state index in [2.05, 4.69) is 50.3 Å². The van der Waals surface area contributed by atoms with Gasteiger partial charge in [0, 0.05) is 31.1 Å². The molecule has 3 aromatic rings. The third kappa shape index (κ3) is 3.86. The third-order valence-electron chi connectivity index (χ3n) is 5.70. The van der Waals surface area contributed by atoms with Crippen molar-refractivity contribution < 1.29 is 4.79 Å². The molecule has 29 heavy (non-hydrogen) atoms. The van der Waals surface area contributed by atoms with Gasteiger partial charge in [0.15, 0.2) is 0 Å². The van der Waals surface area contributed by atoms with Crippen molar-refractivity contribution in [1.82, 2.24) is 9.88 Å². The second-order valence-corrected chi connectivity index (χ2v) is 7.80. The van der Waals surface area contributed by atoms with Crippen LogP contribution >= 0.6 is 0 Å². The lowest BCUT2D eigenvalue weighted by Crippen LogP contribution is -2.39. The Balaban J connectivity index is 1.68. The van der Waals surface area contributed by atoms with Gasteiger partial charge in [0.05, 0.1) is 11.7 Å². The minimum absolute atomic E-state index is 0.00241. The maximum Gasteiger partial charge on any atom is 0.220 e. The lowest BCUT2D eigenvalue weighted by atomic mass is 9.86. The van der Waals surface area contributed by atoms with E-state index in [4.69, 9.17) is 4.98 Å². The van der Waals surface area contributed by atoms with Gasteiger partial charge in [-0.15, -0.1) is 0 Å². The highest BCUT2D eigenvalue weighted by Gasteiger charge is 2.31. The van der Waals surface area contributed by atoms with Gasteiger partial charge in [0.25, 0.3) is 0 Å². The molecule has 1 aromatic heterocycles. The summed E-state index contributed by atoms with van der Waals surface area (Å²) in [6.07, 6.45) is 4.26. The quantitative estimate of drug-likeness (QED) is 0.545. The Morgan fingerprint density at radius 3 is 2.24 bits per heavy atom. The van der Waals surface area contributed by atoms with Crippen molar-refractivity contribution >= 4 is 5.91 Å². The summed E-state index contributed by atoms with van der Waals surface area (Å²) in [5.41, 5.74) is 6.80. The van der Waals surface area contributed by atoms with E-state index in [1.165, 1.54) is 5.57 Å². The first-order valence-corrected chi connectivity index (χ1v) is 10.1. The summed E-state index contributed by atoms with van der Waals surface area (Å²) in [5.74, 6) is 0.247. The fourth-order valence-electron chi connectivity index (χ4n) is 4.31. The van der Waals surface area contributed by atoms with Crippen LogP contribution in [0.15, 0.2) is 84.6 Å². The Labute approximate surface area is 172 Å². The number of rotatable bonds is 3. The molecule has 0 bridgehead atoms. The molecule has 0 fully saturated rings. The number of amides is 1. The summed E-state index contributed by atoms with van der Waals surface area (Å²) in [7, 11) is 0. The van der Waals surface area contributed by atoms with Crippen molar-refractivity contribution in [1.29, 1.82) is 0 Å². The monoisotopic (exact) mass is 382 g/mol. The minimum Gasteiger partial charge on any atom is -0.331 e. The Hall–Kier alpha value is -3.20. The van der Waals surface area contributed by atoms with E-state index in [1.54, 1.807) is 6.92 Å². The Morgan fingerprint density at radius 1 is 0.966 bits per heavy atom. The average molecular weight is 383 g/mol. The molecular formula is C26H26N2O. The summed E-state index contributed by atoms with van der Waals surface area (Å²) < 4.78 is 0. The molecule has 0 spiro atoms. The zero-order valence-corrected chi connectivity index (χ0v) is 17.2. The number of benzene rings is 2. The molecule has 0 saturated heterocycles. The van der Waals surface area contributed by atoms with Crippen molar-refractivity contribution in [2.45, 2.75) is 32.7 Å². The van der Waals surface area contributed by atoms with Gasteiger partial charge in [-0.05, 0) is 36.1 Å². The van der Waals surface area contributed by atoms with E-state index in [1.807, 2.05) is 47.5 Å². The fraction of sp³-hybridized carbons (Fsp3) is 0.231. The van der Waals surface area contributed by atoms with Gasteiger partial charge >= 0.3 is 0 Å². The van der Waals surface area contributed by atoms with E-state index in [-0.39, 0.29) is 17.9 Å². The van der Waals surface area contributed by atoms with Crippen molar-refractivity contribution in [2.24, 2.45) is 0 Å². The van der Waals surface area contributed by atoms with E-state index in [0.717, 1.165) is 27.9 Å². The summed E-state index contributed by atoms with van der Waals surface area (Å²) in [4.78, 5) is 19.2. The first-order chi connectivity index (χ1) is 14.0. The molecule has 3 nitrogen and oxygen atoms in total. The average Bonchev–Trinajstić information content (AvgIpc) is 2.74. The molecule has 2 atom stereocenters. The van der Waals surface area contributed by atoms with Crippen molar-refractivity contribution in [3.05, 3.63) is 101 Å². The van der Waals surface area contributed by atoms with E-state index < -0.39 is 0 Å². The predicted octanol–water partition coefficient (Wildman–Crippen LogP) is 5.69. The van der Waals surface area contributed by atoms with Crippen LogP contribution < -0.4 is 0 Å². The lowest BCUT2D eigenvalue weighted by molar-refractivity contribution is -0.131. The molecule has 1 aliphatic heterocycles. The van der Waals surface area contributed by atoms with Crippen LogP contribution in [0.4, 0.5) is 0 Å². The zero-order chi connectivity index (χ0) is 20.4. The van der Waals surface area contributed by atoms with Gasteiger partial charge < -0.3 is 4.90 Å². The van der Waals surface area contributed by atoms with Gasteiger partial charge in [-0.3, -0.25) is 9.78 Å². The number of hydrogen-bond donors (Lipinski definition) is 0. The number of carbonyl (C=O) groups excluding carboxylic acids is 1. The number of nitrogens with zero attached hydrogens (tertiary/aromatic N) is 2. The maximum absolute atomic E-state index is 12.5. The highest BCUT2D eigenvalue weighted by molar-refractivity contribution is 5.75. The van der Waals surface area contributed by atoms with Crippen LogP contribution in [0.1, 0.15) is 42.5 Å². The smallest absolute Gasteiger partial charge is 0.220 e. The van der Waals surface area contributed by atoms with Crippen molar-refractivity contribution in [3.8, 4) is 11.3 Å². The van der Waals surface area contributed by atoms with Gasteiger partial charge in [-0.2, -0.15) is 0 Å². The molecule has 3 heteroatoms. The Bertz CT molecular complexity index is 1040. The number of carbonyl (C=O) groups is 1. The van der Waals surface area contributed by atoms with Crippen LogP contribution in [0.5, 0.6) is 0 Å². The summed E-state index contributed by atoms with van der Waals surface area (Å²) >= 11 is 0. The molecular weight excluding hydrogens is 356 g/mol. The second kappa shape index (κ2) is 8.04. The lowest BCUT2D eigenvalue weighted by Gasteiger charge is -2.39. The highest BCUT2D eigenvalue weighted by Crippen LogP contribution is 2.37. The van der Waals surface area contributed by atoms with E-state index >= 15 is 0 Å². The van der Waals surface area contributed by atoms with Gasteiger partial charge in [-0.25, -0.2) is 0 Å². The number of hydrogen-bond acceptors (Lipinski definition) is 2. The fourth-order valence-corrected chi connectivity index (χ4v) is 4.31. The van der Waals surface area contributed by atoms with Crippen LogP contribution in [0.3, 0.4) is 0 Å². The first-order valence-electron chi connectivity index (χ1n) is 10.1. The van der Waals surface area contributed by atoms with Crippen LogP contribution in [-0.2, 0) is 4.79 Å². The summed E-state index contributed by atoms with van der Waals surface area (Å²) in [6, 6.07) is 22.7. The highest BCUT2D eigenvalue weighted by atomic mass is 16.2. The predicted molar refractivity (Wildman–Crippen MR) is 117 cm³/mol. The molecule has 1 aliphatic rings. The molecule has 1 amide bonds. The van der Waals surface area contributed by atoms with E-state index in [9.17, 15) is 4.79 Å². The van der Waals surface area contributed by atoms with Crippen LogP contribution in [0, 0.1) is 6.92 Å². The molecule has 2 unspecified atom stereocenters. The first kappa shape index (κ1) is 19.1. The molecule has 2 heterocycles. The van der Waals surface area contributed by atoms with Gasteiger partial charge in [0.2, 0.25) is 5.91 Å². The molecule has 0 aliphatic carbocycles. The SMILES string of the molecule is CC(=O)N1CC(c2cnc(-c3ccccc3)c(C)c2)C=C(C)C1c1ccccc1. The summed E-state index contributed by atoms with van der Waals surface area (Å²) in [6.45, 7) is 6.55. The largest absolute Gasteiger partial charge is 0.331 e. The molecule has 0 radical (unpaired) electrons. The van der Waals surface area contributed by atoms with Crippen molar-refractivity contribution in [2.75, 3.05) is 6.54 Å². The molecule has 2 aromatic carbocycles. The van der Waals surface area contributed by atoms with Crippen LogP contribution in [-0.4, -0.2) is 22.3 Å². The van der Waals surface area contributed by atoms with Gasteiger partial charge in [-0.1, -0.05) is 72.8 Å². The Morgan fingerprint density at radius 2 is 1.62 bits per heavy atom. The topological polar surface area (TPSA) is 33.2 Å². The minimum atomic E-state index is 0.00241. The third-order valence-corrected chi connectivity index (χ3v) is 5.70. The number of pyridine rings is 1. The molecule has 4 rings (SSSR count). The standard InChI is InChI=1S/C26H26N2O/c1-18-14-23(16-27-25(18)21-10-6-4-7-11-21)24-15-19(2)26(28(17-24)20(3)29)22-12-8-5-9-13-22/h4-16,24,26H,17H2,1-3H3. The molecule has 0 saturated carbocycles. The number of aryl methyl sites for hydroxylation is 1. The van der Waals surface area contributed by atoms with Crippen molar-refractivity contribution in [3.63, 3.8) is 0 Å². The van der Waals surface area contributed by atoms with Crippen LogP contribution in [0.2, 0.25) is 0 Å². The normalized spacial score (nSPS) is 19.0. The maximum atomic E-state index is 12.5. The van der Waals surface area contributed by atoms with E-state index in [0.29, 0.717) is 6.54 Å².